The Bertz CT molecular complexity index is 349. The second kappa shape index (κ2) is 7.67. The molecule has 0 fully saturated rings. The third-order valence-electron chi connectivity index (χ3n) is 2.31. The largest absolute Gasteiger partial charge is 0.287 e. The minimum absolute atomic E-state index is 0.507. The lowest BCUT2D eigenvalue weighted by Gasteiger charge is -2.15. The van der Waals surface area contributed by atoms with Crippen molar-refractivity contribution in [3.05, 3.63) is 42.0 Å². The first-order valence-electron chi connectivity index (χ1n) is 5.67. The third kappa shape index (κ3) is 4.77. The van der Waals surface area contributed by atoms with Crippen LogP contribution < -0.4 is 0 Å². The molecule has 0 bridgehead atoms. The van der Waals surface area contributed by atoms with E-state index in [1.807, 2.05) is 18.2 Å². The van der Waals surface area contributed by atoms with Crippen LogP contribution >= 0.6 is 0 Å². The molecule has 2 nitrogen and oxygen atoms in total. The van der Waals surface area contributed by atoms with Crippen LogP contribution in [-0.4, -0.2) is 24.5 Å². The quantitative estimate of drug-likeness (QED) is 0.681. The Morgan fingerprint density at radius 2 is 2.06 bits per heavy atom. The van der Waals surface area contributed by atoms with Crippen LogP contribution in [-0.2, 0) is 0 Å². The van der Waals surface area contributed by atoms with Gasteiger partial charge >= 0.3 is 0 Å². The van der Waals surface area contributed by atoms with Gasteiger partial charge in [0, 0.05) is 6.54 Å². The molecule has 0 saturated carbocycles. The highest BCUT2D eigenvalue weighted by atomic mass is 15.1. The maximum atomic E-state index is 8.66. The molecule has 0 saturated heterocycles. The topological polar surface area (TPSA) is 27.0 Å². The number of nitriles is 1. The van der Waals surface area contributed by atoms with Gasteiger partial charge in [0.25, 0.3) is 0 Å². The van der Waals surface area contributed by atoms with Crippen LogP contribution in [0.3, 0.4) is 0 Å². The van der Waals surface area contributed by atoms with Gasteiger partial charge in [-0.15, -0.1) is 0 Å². The standard InChI is InChI=1S/C14H18N2/c1-2-11-16(13-10-15)12-6-9-14-7-4-3-5-8-14/h3-9H,2,11-13H2,1H3. The predicted molar refractivity (Wildman–Crippen MR) is 67.8 cm³/mol. The van der Waals surface area contributed by atoms with Gasteiger partial charge in [-0.2, -0.15) is 5.26 Å². The normalized spacial score (nSPS) is 10.8. The number of hydrogen-bond acceptors (Lipinski definition) is 2. The molecule has 0 aliphatic heterocycles. The molecule has 0 aliphatic rings. The van der Waals surface area contributed by atoms with Gasteiger partial charge in [-0.3, -0.25) is 4.90 Å². The van der Waals surface area contributed by atoms with Gasteiger partial charge in [0.2, 0.25) is 0 Å². The van der Waals surface area contributed by atoms with Crippen molar-refractivity contribution in [2.24, 2.45) is 0 Å². The summed E-state index contributed by atoms with van der Waals surface area (Å²) >= 11 is 0. The van der Waals surface area contributed by atoms with E-state index < -0.39 is 0 Å². The Labute approximate surface area is 97.8 Å². The van der Waals surface area contributed by atoms with Crippen LogP contribution in [0, 0.1) is 11.3 Å². The second-order valence-corrected chi connectivity index (χ2v) is 3.71. The average Bonchev–Trinajstić information content (AvgIpc) is 2.31. The van der Waals surface area contributed by atoms with Crippen molar-refractivity contribution < 1.29 is 0 Å². The van der Waals surface area contributed by atoms with Crippen LogP contribution in [0.2, 0.25) is 0 Å². The molecule has 0 spiro atoms. The SMILES string of the molecule is CCCN(CC#N)CC=Cc1ccccc1. The van der Waals surface area contributed by atoms with E-state index in [0.29, 0.717) is 6.54 Å². The van der Waals surface area contributed by atoms with E-state index in [2.05, 4.69) is 42.2 Å². The van der Waals surface area contributed by atoms with Crippen molar-refractivity contribution in [3.8, 4) is 6.07 Å². The minimum Gasteiger partial charge on any atom is -0.287 e. The molecular weight excluding hydrogens is 196 g/mol. The van der Waals surface area contributed by atoms with Crippen molar-refractivity contribution in [2.75, 3.05) is 19.6 Å². The molecule has 0 unspecified atom stereocenters. The number of benzene rings is 1. The summed E-state index contributed by atoms with van der Waals surface area (Å²) < 4.78 is 0. The lowest BCUT2D eigenvalue weighted by Crippen LogP contribution is -2.24. The maximum absolute atomic E-state index is 8.66. The first-order valence-corrected chi connectivity index (χ1v) is 5.67. The molecule has 1 aromatic carbocycles. The molecule has 0 atom stereocenters. The molecule has 0 aromatic heterocycles. The first-order chi connectivity index (χ1) is 7.86. The third-order valence-corrected chi connectivity index (χ3v) is 2.31. The van der Waals surface area contributed by atoms with Gasteiger partial charge in [-0.25, -0.2) is 0 Å². The summed E-state index contributed by atoms with van der Waals surface area (Å²) in [4.78, 5) is 2.14. The number of hydrogen-bond donors (Lipinski definition) is 0. The fourth-order valence-electron chi connectivity index (χ4n) is 1.55. The monoisotopic (exact) mass is 214 g/mol. The van der Waals surface area contributed by atoms with E-state index >= 15 is 0 Å². The maximum Gasteiger partial charge on any atom is 0.0868 e. The summed E-state index contributed by atoms with van der Waals surface area (Å²) in [7, 11) is 0. The fraction of sp³-hybridized carbons (Fsp3) is 0.357. The van der Waals surface area contributed by atoms with Crippen LogP contribution in [0.15, 0.2) is 36.4 Å². The predicted octanol–water partition coefficient (Wildman–Crippen LogP) is 2.94. The lowest BCUT2D eigenvalue weighted by molar-refractivity contribution is 0.340. The highest BCUT2D eigenvalue weighted by Crippen LogP contribution is 2.01. The Morgan fingerprint density at radius 1 is 1.31 bits per heavy atom. The molecule has 0 amide bonds. The van der Waals surface area contributed by atoms with Crippen molar-refractivity contribution >= 4 is 6.08 Å². The molecule has 0 N–H and O–H groups in total. The van der Waals surface area contributed by atoms with Crippen molar-refractivity contribution in [2.45, 2.75) is 13.3 Å². The number of rotatable bonds is 6. The van der Waals surface area contributed by atoms with Crippen LogP contribution in [0.1, 0.15) is 18.9 Å². The van der Waals surface area contributed by atoms with Crippen LogP contribution in [0.25, 0.3) is 6.08 Å². The van der Waals surface area contributed by atoms with Crippen LogP contribution in [0.5, 0.6) is 0 Å². The van der Waals surface area contributed by atoms with Gasteiger partial charge in [0.05, 0.1) is 12.6 Å². The molecule has 16 heavy (non-hydrogen) atoms. The van der Waals surface area contributed by atoms with Gasteiger partial charge in [-0.05, 0) is 18.5 Å². The molecule has 1 rings (SSSR count). The van der Waals surface area contributed by atoms with E-state index in [0.717, 1.165) is 19.5 Å². The van der Waals surface area contributed by atoms with Gasteiger partial charge in [0.1, 0.15) is 0 Å². The Kier molecular flexibility index (Phi) is 5.98. The highest BCUT2D eigenvalue weighted by molar-refractivity contribution is 5.48. The molecule has 1 aromatic rings. The van der Waals surface area contributed by atoms with Gasteiger partial charge < -0.3 is 0 Å². The summed E-state index contributed by atoms with van der Waals surface area (Å²) in [5.74, 6) is 0. The van der Waals surface area contributed by atoms with Crippen molar-refractivity contribution in [1.29, 1.82) is 5.26 Å². The summed E-state index contributed by atoms with van der Waals surface area (Å²) in [6, 6.07) is 12.4. The molecule has 2 heteroatoms. The summed E-state index contributed by atoms with van der Waals surface area (Å²) in [5.41, 5.74) is 1.20. The average molecular weight is 214 g/mol. The van der Waals surface area contributed by atoms with Crippen molar-refractivity contribution in [1.82, 2.24) is 4.90 Å². The van der Waals surface area contributed by atoms with Gasteiger partial charge in [0.15, 0.2) is 0 Å². The second-order valence-electron chi connectivity index (χ2n) is 3.71. The highest BCUT2D eigenvalue weighted by Gasteiger charge is 1.98. The van der Waals surface area contributed by atoms with Crippen molar-refractivity contribution in [3.63, 3.8) is 0 Å². The van der Waals surface area contributed by atoms with Crippen LogP contribution in [0.4, 0.5) is 0 Å². The zero-order valence-electron chi connectivity index (χ0n) is 9.76. The van der Waals surface area contributed by atoms with E-state index in [1.54, 1.807) is 0 Å². The zero-order chi connectivity index (χ0) is 11.6. The number of nitrogens with zero attached hydrogens (tertiary/aromatic N) is 2. The zero-order valence-corrected chi connectivity index (χ0v) is 9.76. The Hall–Kier alpha value is -1.59. The van der Waals surface area contributed by atoms with E-state index in [-0.39, 0.29) is 0 Å². The first kappa shape index (κ1) is 12.5. The molecule has 84 valence electrons. The smallest absolute Gasteiger partial charge is 0.0868 e. The molecular formula is C14H18N2. The molecule has 0 aliphatic carbocycles. The van der Waals surface area contributed by atoms with E-state index in [9.17, 15) is 0 Å². The minimum atomic E-state index is 0.507. The van der Waals surface area contributed by atoms with Gasteiger partial charge in [-0.1, -0.05) is 49.4 Å². The summed E-state index contributed by atoms with van der Waals surface area (Å²) in [5, 5.41) is 8.66. The molecule has 0 heterocycles. The summed E-state index contributed by atoms with van der Waals surface area (Å²) in [6.07, 6.45) is 5.29. The summed E-state index contributed by atoms with van der Waals surface area (Å²) in [6.45, 7) is 4.46. The Balaban J connectivity index is 2.43. The lowest BCUT2D eigenvalue weighted by atomic mass is 10.2. The Morgan fingerprint density at radius 3 is 2.69 bits per heavy atom. The fourth-order valence-corrected chi connectivity index (χ4v) is 1.55. The van der Waals surface area contributed by atoms with E-state index in [4.69, 9.17) is 5.26 Å². The molecule has 0 radical (unpaired) electrons. The van der Waals surface area contributed by atoms with E-state index in [1.165, 1.54) is 5.56 Å².